The Morgan fingerprint density at radius 1 is 1.40 bits per heavy atom. The molecule has 20 heavy (non-hydrogen) atoms. The summed E-state index contributed by atoms with van der Waals surface area (Å²) >= 11 is 0. The smallest absolute Gasteiger partial charge is 0.223 e. The molecular weight excluding hydrogens is 256 g/mol. The van der Waals surface area contributed by atoms with Crippen LogP contribution in [0.2, 0.25) is 0 Å². The Morgan fingerprint density at radius 2 is 2.10 bits per heavy atom. The number of hydrogen-bond acceptors (Lipinski definition) is 4. The van der Waals surface area contributed by atoms with Crippen LogP contribution in [0.1, 0.15) is 25.8 Å². The van der Waals surface area contributed by atoms with E-state index in [0.717, 1.165) is 12.0 Å². The second kappa shape index (κ2) is 7.75. The van der Waals surface area contributed by atoms with E-state index in [1.54, 1.807) is 14.0 Å². The number of carbonyl (C=O) groups is 1. The Bertz CT molecular complexity index is 449. The Balaban J connectivity index is 2.92. The molecule has 5 heteroatoms. The monoisotopic (exact) mass is 280 g/mol. The minimum Gasteiger partial charge on any atom is -0.493 e. The van der Waals surface area contributed by atoms with Gasteiger partial charge in [-0.25, -0.2) is 0 Å². The van der Waals surface area contributed by atoms with Crippen molar-refractivity contribution in [2.45, 2.75) is 32.7 Å². The molecule has 0 aliphatic carbocycles. The fourth-order valence-electron chi connectivity index (χ4n) is 1.76. The van der Waals surface area contributed by atoms with E-state index in [2.05, 4.69) is 0 Å². The van der Waals surface area contributed by atoms with Crippen LogP contribution in [0.4, 0.5) is 0 Å². The van der Waals surface area contributed by atoms with Crippen LogP contribution in [0.5, 0.6) is 11.5 Å². The molecule has 0 bridgehead atoms. The molecule has 0 aromatic heterocycles. The summed E-state index contributed by atoms with van der Waals surface area (Å²) in [5.74, 6) is 0.550. The maximum absolute atomic E-state index is 11.1. The summed E-state index contributed by atoms with van der Waals surface area (Å²) in [6, 6.07) is 5.76. The molecule has 0 fully saturated rings. The molecule has 0 heterocycles. The number of benzene rings is 1. The van der Waals surface area contributed by atoms with Gasteiger partial charge < -0.3 is 20.9 Å². The summed E-state index contributed by atoms with van der Waals surface area (Å²) in [6.45, 7) is 4.00. The Kier molecular flexibility index (Phi) is 6.31. The van der Waals surface area contributed by atoms with Crippen LogP contribution in [-0.4, -0.2) is 25.7 Å². The molecule has 1 aromatic carbocycles. The zero-order chi connectivity index (χ0) is 15.1. The molecule has 1 amide bonds. The van der Waals surface area contributed by atoms with E-state index >= 15 is 0 Å². The number of carbonyl (C=O) groups excluding carboxylic acids is 1. The minimum absolute atomic E-state index is 0.0676. The lowest BCUT2D eigenvalue weighted by atomic mass is 10.0. The first kappa shape index (κ1) is 16.3. The average molecular weight is 280 g/mol. The van der Waals surface area contributed by atoms with Gasteiger partial charge in [-0.3, -0.25) is 4.79 Å². The van der Waals surface area contributed by atoms with E-state index in [1.807, 2.05) is 25.1 Å². The van der Waals surface area contributed by atoms with Crippen LogP contribution < -0.4 is 20.9 Å². The molecule has 5 nitrogen and oxygen atoms in total. The van der Waals surface area contributed by atoms with Crippen molar-refractivity contribution in [2.24, 2.45) is 17.4 Å². The van der Waals surface area contributed by atoms with E-state index in [4.69, 9.17) is 20.9 Å². The van der Waals surface area contributed by atoms with Crippen LogP contribution in [0.3, 0.4) is 0 Å². The SMILES string of the molecule is CCC(N)Cc1cccc(OC)c1OCC(C)C(N)=O. The van der Waals surface area contributed by atoms with E-state index in [1.165, 1.54) is 0 Å². The van der Waals surface area contributed by atoms with Gasteiger partial charge in [0.05, 0.1) is 19.6 Å². The lowest BCUT2D eigenvalue weighted by Crippen LogP contribution is -2.26. The van der Waals surface area contributed by atoms with Gasteiger partial charge in [-0.2, -0.15) is 0 Å². The molecule has 1 rings (SSSR count). The third-order valence-corrected chi connectivity index (χ3v) is 3.25. The van der Waals surface area contributed by atoms with Crippen LogP contribution in [-0.2, 0) is 11.2 Å². The number of methoxy groups -OCH3 is 1. The quantitative estimate of drug-likeness (QED) is 0.755. The topological polar surface area (TPSA) is 87.6 Å². The van der Waals surface area contributed by atoms with Gasteiger partial charge in [0.2, 0.25) is 5.91 Å². The summed E-state index contributed by atoms with van der Waals surface area (Å²) in [5, 5.41) is 0. The fourth-order valence-corrected chi connectivity index (χ4v) is 1.76. The highest BCUT2D eigenvalue weighted by Gasteiger charge is 2.16. The van der Waals surface area contributed by atoms with E-state index in [-0.39, 0.29) is 24.5 Å². The summed E-state index contributed by atoms with van der Waals surface area (Å²) in [5.41, 5.74) is 12.2. The highest BCUT2D eigenvalue weighted by molar-refractivity contribution is 5.76. The third kappa shape index (κ3) is 4.42. The first-order valence-corrected chi connectivity index (χ1v) is 6.83. The van der Waals surface area contributed by atoms with E-state index in [0.29, 0.717) is 17.9 Å². The number of hydrogen-bond donors (Lipinski definition) is 2. The number of rotatable bonds is 8. The normalized spacial score (nSPS) is 13.6. The summed E-state index contributed by atoms with van der Waals surface area (Å²) in [4.78, 5) is 11.1. The van der Waals surface area contributed by atoms with Crippen molar-refractivity contribution in [3.8, 4) is 11.5 Å². The van der Waals surface area contributed by atoms with E-state index in [9.17, 15) is 4.79 Å². The number of amides is 1. The largest absolute Gasteiger partial charge is 0.493 e. The van der Waals surface area contributed by atoms with Crippen LogP contribution in [0, 0.1) is 5.92 Å². The lowest BCUT2D eigenvalue weighted by Gasteiger charge is -2.18. The highest BCUT2D eigenvalue weighted by atomic mass is 16.5. The number of nitrogens with two attached hydrogens (primary N) is 2. The van der Waals surface area contributed by atoms with Crippen molar-refractivity contribution < 1.29 is 14.3 Å². The summed E-state index contributed by atoms with van der Waals surface area (Å²) in [6.07, 6.45) is 1.59. The van der Waals surface area contributed by atoms with Gasteiger partial charge in [0, 0.05) is 6.04 Å². The third-order valence-electron chi connectivity index (χ3n) is 3.25. The molecule has 112 valence electrons. The van der Waals surface area contributed by atoms with Crippen molar-refractivity contribution in [3.63, 3.8) is 0 Å². The van der Waals surface area contributed by atoms with Crippen molar-refractivity contribution in [1.29, 1.82) is 0 Å². The fraction of sp³-hybridized carbons (Fsp3) is 0.533. The van der Waals surface area contributed by atoms with Crippen LogP contribution in [0.25, 0.3) is 0 Å². The lowest BCUT2D eigenvalue weighted by molar-refractivity contribution is -0.122. The first-order valence-electron chi connectivity index (χ1n) is 6.83. The van der Waals surface area contributed by atoms with Gasteiger partial charge in [-0.05, 0) is 24.5 Å². The van der Waals surface area contributed by atoms with E-state index < -0.39 is 0 Å². The molecule has 4 N–H and O–H groups in total. The second-order valence-corrected chi connectivity index (χ2v) is 4.94. The van der Waals surface area contributed by atoms with Crippen LogP contribution in [0.15, 0.2) is 18.2 Å². The summed E-state index contributed by atoms with van der Waals surface area (Å²) in [7, 11) is 1.59. The number of para-hydroxylation sites is 1. The van der Waals surface area contributed by atoms with Crippen molar-refractivity contribution >= 4 is 5.91 Å². The molecule has 2 atom stereocenters. The standard InChI is InChI=1S/C15H24N2O3/c1-4-12(16)8-11-6-5-7-13(19-3)14(11)20-9-10(2)15(17)18/h5-7,10,12H,4,8-9,16H2,1-3H3,(H2,17,18). The predicted molar refractivity (Wildman–Crippen MR) is 78.8 cm³/mol. The highest BCUT2D eigenvalue weighted by Crippen LogP contribution is 2.32. The molecule has 0 radical (unpaired) electrons. The first-order chi connectivity index (χ1) is 9.49. The van der Waals surface area contributed by atoms with Crippen molar-refractivity contribution in [1.82, 2.24) is 0 Å². The van der Waals surface area contributed by atoms with Gasteiger partial charge >= 0.3 is 0 Å². The van der Waals surface area contributed by atoms with Crippen LogP contribution >= 0.6 is 0 Å². The predicted octanol–water partition coefficient (Wildman–Crippen LogP) is 1.48. The van der Waals surface area contributed by atoms with Gasteiger partial charge in [0.25, 0.3) is 0 Å². The number of ether oxygens (including phenoxy) is 2. The zero-order valence-corrected chi connectivity index (χ0v) is 12.4. The van der Waals surface area contributed by atoms with Gasteiger partial charge in [-0.15, -0.1) is 0 Å². The second-order valence-electron chi connectivity index (χ2n) is 4.94. The molecule has 0 saturated heterocycles. The molecule has 0 spiro atoms. The average Bonchev–Trinajstić information content (AvgIpc) is 2.44. The maximum atomic E-state index is 11.1. The molecule has 2 unspecified atom stereocenters. The van der Waals surface area contributed by atoms with Crippen molar-refractivity contribution in [2.75, 3.05) is 13.7 Å². The molecule has 0 aliphatic rings. The Morgan fingerprint density at radius 3 is 2.65 bits per heavy atom. The van der Waals surface area contributed by atoms with Crippen molar-refractivity contribution in [3.05, 3.63) is 23.8 Å². The zero-order valence-electron chi connectivity index (χ0n) is 12.4. The van der Waals surface area contributed by atoms with Gasteiger partial charge in [-0.1, -0.05) is 26.0 Å². The Hall–Kier alpha value is -1.75. The maximum Gasteiger partial charge on any atom is 0.223 e. The molecule has 1 aromatic rings. The molecule has 0 saturated carbocycles. The molecule has 0 aliphatic heterocycles. The van der Waals surface area contributed by atoms with Gasteiger partial charge in [0.15, 0.2) is 11.5 Å². The Labute approximate surface area is 120 Å². The number of primary amides is 1. The van der Waals surface area contributed by atoms with Gasteiger partial charge in [0.1, 0.15) is 0 Å². The minimum atomic E-state index is -0.383. The summed E-state index contributed by atoms with van der Waals surface area (Å²) < 4.78 is 11.1. The molecular formula is C15H24N2O3.